The molecule has 3 fully saturated rings. The molecule has 2 unspecified atom stereocenters. The van der Waals surface area contributed by atoms with Crippen molar-refractivity contribution in [1.29, 1.82) is 0 Å². The fourth-order valence-electron chi connectivity index (χ4n) is 4.62. The van der Waals surface area contributed by atoms with Crippen molar-refractivity contribution < 1.29 is 4.74 Å². The highest BCUT2D eigenvalue weighted by atomic mass is 16.5. The first-order valence-corrected chi connectivity index (χ1v) is 10.9. The van der Waals surface area contributed by atoms with Crippen LogP contribution in [0.1, 0.15) is 39.5 Å². The molecule has 0 radical (unpaired) electrons. The van der Waals surface area contributed by atoms with Crippen LogP contribution in [-0.2, 0) is 4.74 Å². The fourth-order valence-corrected chi connectivity index (χ4v) is 4.62. The zero-order chi connectivity index (χ0) is 18.2. The van der Waals surface area contributed by atoms with Crippen molar-refractivity contribution >= 4 is 5.96 Å². The van der Waals surface area contributed by atoms with Crippen LogP contribution < -0.4 is 5.32 Å². The van der Waals surface area contributed by atoms with E-state index in [1.54, 1.807) is 0 Å². The molecule has 3 aliphatic rings. The van der Waals surface area contributed by atoms with E-state index in [4.69, 9.17) is 9.73 Å². The Bertz CT molecular complexity index is 438. The molecule has 0 aromatic carbocycles. The topological polar surface area (TPSA) is 43.3 Å². The smallest absolute Gasteiger partial charge is 0.193 e. The van der Waals surface area contributed by atoms with E-state index in [0.29, 0.717) is 6.04 Å². The number of aliphatic imine (C=N–C) groups is 1. The largest absolute Gasteiger partial charge is 0.379 e. The Labute approximate surface area is 159 Å². The third-order valence-corrected chi connectivity index (χ3v) is 6.15. The summed E-state index contributed by atoms with van der Waals surface area (Å²) in [4.78, 5) is 12.7. The molecule has 0 aromatic heterocycles. The Morgan fingerprint density at radius 2 is 1.92 bits per heavy atom. The van der Waals surface area contributed by atoms with E-state index in [2.05, 4.69) is 33.9 Å². The van der Waals surface area contributed by atoms with Crippen LogP contribution in [0.4, 0.5) is 0 Å². The molecular formula is C20H39N5O. The molecule has 26 heavy (non-hydrogen) atoms. The van der Waals surface area contributed by atoms with E-state index in [0.717, 1.165) is 70.9 Å². The van der Waals surface area contributed by atoms with Crippen molar-refractivity contribution in [2.75, 3.05) is 72.1 Å². The highest BCUT2D eigenvalue weighted by molar-refractivity contribution is 5.80. The normalized spacial score (nSPS) is 29.3. The van der Waals surface area contributed by atoms with E-state index >= 15 is 0 Å². The molecule has 6 heteroatoms. The van der Waals surface area contributed by atoms with E-state index in [1.807, 2.05) is 0 Å². The number of guanidine groups is 1. The second-order valence-corrected chi connectivity index (χ2v) is 7.99. The lowest BCUT2D eigenvalue weighted by atomic mass is 10.0. The molecule has 1 N–H and O–H groups in total. The van der Waals surface area contributed by atoms with Gasteiger partial charge < -0.3 is 15.0 Å². The first kappa shape index (κ1) is 19.9. The maximum absolute atomic E-state index is 5.48. The summed E-state index contributed by atoms with van der Waals surface area (Å²) in [6.45, 7) is 16.2. The Kier molecular flexibility index (Phi) is 8.02. The van der Waals surface area contributed by atoms with Crippen LogP contribution in [0, 0.1) is 5.92 Å². The summed E-state index contributed by atoms with van der Waals surface area (Å²) in [6, 6.07) is 0.633. The van der Waals surface area contributed by atoms with Crippen LogP contribution in [0.2, 0.25) is 0 Å². The van der Waals surface area contributed by atoms with Gasteiger partial charge in [-0.05, 0) is 45.2 Å². The quantitative estimate of drug-likeness (QED) is 0.571. The minimum atomic E-state index is 0.633. The number of hydrogen-bond donors (Lipinski definition) is 1. The van der Waals surface area contributed by atoms with Gasteiger partial charge in [0.05, 0.1) is 19.8 Å². The summed E-state index contributed by atoms with van der Waals surface area (Å²) < 4.78 is 5.48. The van der Waals surface area contributed by atoms with Crippen molar-refractivity contribution in [2.24, 2.45) is 10.9 Å². The van der Waals surface area contributed by atoms with E-state index in [-0.39, 0.29) is 0 Å². The van der Waals surface area contributed by atoms with Gasteiger partial charge in [-0.15, -0.1) is 0 Å². The van der Waals surface area contributed by atoms with Gasteiger partial charge >= 0.3 is 0 Å². The predicted molar refractivity (Wildman–Crippen MR) is 108 cm³/mol. The van der Waals surface area contributed by atoms with Crippen LogP contribution in [0.3, 0.4) is 0 Å². The minimum Gasteiger partial charge on any atom is -0.379 e. The summed E-state index contributed by atoms with van der Waals surface area (Å²) in [5.74, 6) is 1.90. The number of piperidine rings is 1. The molecule has 150 valence electrons. The number of nitrogens with one attached hydrogen (secondary N) is 1. The van der Waals surface area contributed by atoms with Gasteiger partial charge in [-0.1, -0.05) is 13.3 Å². The van der Waals surface area contributed by atoms with Crippen LogP contribution in [0.5, 0.6) is 0 Å². The van der Waals surface area contributed by atoms with Crippen LogP contribution in [0.15, 0.2) is 4.99 Å². The zero-order valence-corrected chi connectivity index (χ0v) is 17.0. The van der Waals surface area contributed by atoms with Gasteiger partial charge in [0.2, 0.25) is 0 Å². The van der Waals surface area contributed by atoms with Gasteiger partial charge in [-0.2, -0.15) is 0 Å². The lowest BCUT2D eigenvalue weighted by Crippen LogP contribution is -2.44. The first-order valence-electron chi connectivity index (χ1n) is 10.9. The third-order valence-electron chi connectivity index (χ3n) is 6.15. The lowest BCUT2D eigenvalue weighted by Gasteiger charge is -2.34. The van der Waals surface area contributed by atoms with E-state index in [9.17, 15) is 0 Å². The van der Waals surface area contributed by atoms with Crippen LogP contribution in [0.25, 0.3) is 0 Å². The average molecular weight is 366 g/mol. The molecule has 0 spiro atoms. The average Bonchev–Trinajstić information content (AvgIpc) is 3.14. The Morgan fingerprint density at radius 3 is 2.69 bits per heavy atom. The molecule has 3 aliphatic heterocycles. The number of hydrogen-bond acceptors (Lipinski definition) is 4. The molecule has 0 saturated carbocycles. The highest BCUT2D eigenvalue weighted by Gasteiger charge is 2.27. The van der Waals surface area contributed by atoms with Crippen molar-refractivity contribution in [2.45, 2.75) is 45.6 Å². The maximum Gasteiger partial charge on any atom is 0.193 e. The Balaban J connectivity index is 1.51. The molecule has 0 amide bonds. The summed E-state index contributed by atoms with van der Waals surface area (Å²) in [5.41, 5.74) is 0. The van der Waals surface area contributed by atoms with E-state index < -0.39 is 0 Å². The second-order valence-electron chi connectivity index (χ2n) is 7.99. The monoisotopic (exact) mass is 365 g/mol. The summed E-state index contributed by atoms with van der Waals surface area (Å²) >= 11 is 0. The number of rotatable bonds is 6. The summed E-state index contributed by atoms with van der Waals surface area (Å²) in [6.07, 6.45) is 5.30. The SMILES string of the molecule is CCNC(=NCC1CCCCN1CC)N1CCC(CN2CCOCC2)C1. The lowest BCUT2D eigenvalue weighted by molar-refractivity contribution is 0.0315. The van der Waals surface area contributed by atoms with Crippen molar-refractivity contribution in [3.8, 4) is 0 Å². The molecule has 3 saturated heterocycles. The van der Waals surface area contributed by atoms with Crippen LogP contribution in [-0.4, -0.2) is 98.8 Å². The molecular weight excluding hydrogens is 326 g/mol. The number of morpholine rings is 1. The molecule has 3 rings (SSSR count). The van der Waals surface area contributed by atoms with Crippen molar-refractivity contribution in [1.82, 2.24) is 20.0 Å². The molecule has 2 atom stereocenters. The third kappa shape index (κ3) is 5.57. The molecule has 3 heterocycles. The standard InChI is InChI=1S/C20H39N5O/c1-3-21-20(22-15-19-7-5-6-9-24(19)4-2)25-10-8-18(17-25)16-23-11-13-26-14-12-23/h18-19H,3-17H2,1-2H3,(H,21,22). The molecule has 0 aromatic rings. The van der Waals surface area contributed by atoms with Gasteiger partial charge in [0.25, 0.3) is 0 Å². The highest BCUT2D eigenvalue weighted by Crippen LogP contribution is 2.20. The van der Waals surface area contributed by atoms with Gasteiger partial charge in [0.1, 0.15) is 0 Å². The van der Waals surface area contributed by atoms with Crippen molar-refractivity contribution in [3.05, 3.63) is 0 Å². The Hall–Kier alpha value is -0.850. The number of nitrogens with zero attached hydrogens (tertiary/aromatic N) is 4. The number of likely N-dealkylation sites (N-methyl/N-ethyl adjacent to an activating group) is 1. The molecule has 6 nitrogen and oxygen atoms in total. The molecule has 0 bridgehead atoms. The predicted octanol–water partition coefficient (Wildman–Crippen LogP) is 1.48. The van der Waals surface area contributed by atoms with Gasteiger partial charge in [-0.3, -0.25) is 14.8 Å². The van der Waals surface area contributed by atoms with Gasteiger partial charge in [0.15, 0.2) is 5.96 Å². The molecule has 0 aliphatic carbocycles. The minimum absolute atomic E-state index is 0.633. The maximum atomic E-state index is 5.48. The fraction of sp³-hybridized carbons (Fsp3) is 0.950. The van der Waals surface area contributed by atoms with Crippen LogP contribution >= 0.6 is 0 Å². The summed E-state index contributed by atoms with van der Waals surface area (Å²) in [5, 5.41) is 3.54. The van der Waals surface area contributed by atoms with Crippen molar-refractivity contribution in [3.63, 3.8) is 0 Å². The second kappa shape index (κ2) is 10.5. The first-order chi connectivity index (χ1) is 12.8. The Morgan fingerprint density at radius 1 is 1.08 bits per heavy atom. The number of ether oxygens (including phenoxy) is 1. The number of likely N-dealkylation sites (tertiary alicyclic amines) is 2. The van der Waals surface area contributed by atoms with Gasteiger partial charge in [-0.25, -0.2) is 0 Å². The van der Waals surface area contributed by atoms with Gasteiger partial charge in [0, 0.05) is 45.3 Å². The zero-order valence-electron chi connectivity index (χ0n) is 17.0. The van der Waals surface area contributed by atoms with E-state index in [1.165, 1.54) is 38.8 Å². The summed E-state index contributed by atoms with van der Waals surface area (Å²) in [7, 11) is 0.